The molecule has 1 saturated heterocycles. The summed E-state index contributed by atoms with van der Waals surface area (Å²) in [6.07, 6.45) is 2.86. The largest absolute Gasteiger partial charge is 0.390 e. The Balaban J connectivity index is 1.20. The predicted octanol–water partition coefficient (Wildman–Crippen LogP) is 4.41. The lowest BCUT2D eigenvalue weighted by Crippen LogP contribution is -2.69. The van der Waals surface area contributed by atoms with Crippen LogP contribution < -0.4 is 5.73 Å². The van der Waals surface area contributed by atoms with Crippen LogP contribution >= 0.6 is 11.8 Å². The van der Waals surface area contributed by atoms with E-state index in [2.05, 4.69) is 5.73 Å². The van der Waals surface area contributed by atoms with Gasteiger partial charge in [-0.25, -0.2) is 4.39 Å². The second-order valence-corrected chi connectivity index (χ2v) is 14.4. The average Bonchev–Trinajstić information content (AvgIpc) is 3.47. The lowest BCUT2D eigenvalue weighted by atomic mass is 9.44. The van der Waals surface area contributed by atoms with Crippen LogP contribution in [0.5, 0.6) is 0 Å². The van der Waals surface area contributed by atoms with E-state index in [1.54, 1.807) is 24.8 Å². The molecule has 1 heterocycles. The fraction of sp³-hybridized carbons (Fsp3) is 0.471. The number of ether oxygens (including phenoxy) is 2. The van der Waals surface area contributed by atoms with Crippen molar-refractivity contribution in [1.29, 1.82) is 0 Å². The lowest BCUT2D eigenvalue weighted by Gasteiger charge is -2.62. The summed E-state index contributed by atoms with van der Waals surface area (Å²) in [6.45, 7) is 2.92. The number of ketones is 2. The van der Waals surface area contributed by atoms with Crippen molar-refractivity contribution < 1.29 is 39.4 Å². The molecule has 0 radical (unpaired) electrons. The highest BCUT2D eigenvalue weighted by Gasteiger charge is 2.79. The van der Waals surface area contributed by atoms with Gasteiger partial charge < -0.3 is 25.4 Å². The molecule has 0 bridgehead atoms. The van der Waals surface area contributed by atoms with E-state index in [0.717, 1.165) is 21.0 Å². The normalized spacial score (nSPS) is 41.2. The third kappa shape index (κ3) is 3.92. The molecule has 4 aliphatic carbocycles. The molecule has 43 heavy (non-hydrogen) atoms. The fourth-order valence-corrected chi connectivity index (χ4v) is 10.1. The molecule has 2 aromatic rings. The first-order chi connectivity index (χ1) is 20.5. The number of carbonyl (C=O) groups is 2. The predicted molar refractivity (Wildman–Crippen MR) is 157 cm³/mol. The maximum atomic E-state index is 17.5. The van der Waals surface area contributed by atoms with E-state index < -0.39 is 58.9 Å². The zero-order chi connectivity index (χ0) is 30.4. The van der Waals surface area contributed by atoms with Gasteiger partial charge in [0.2, 0.25) is 0 Å². The second kappa shape index (κ2) is 9.92. The minimum atomic E-state index is -2.03. The third-order valence-electron chi connectivity index (χ3n) is 11.2. The number of halogens is 1. The molecule has 226 valence electrons. The molecule has 7 rings (SSSR count). The molecule has 9 unspecified atom stereocenters. The number of aliphatic hydroxyl groups excluding tert-OH is 2. The smallest absolute Gasteiger partial charge is 0.193 e. The van der Waals surface area contributed by atoms with Crippen molar-refractivity contribution in [1.82, 2.24) is 0 Å². The number of allylic oxidation sites excluding steroid dienone is 4. The number of rotatable bonds is 5. The van der Waals surface area contributed by atoms with E-state index >= 15 is 4.39 Å². The van der Waals surface area contributed by atoms with Gasteiger partial charge in [-0.3, -0.25) is 9.59 Å². The summed E-state index contributed by atoms with van der Waals surface area (Å²) in [7, 11) is 0. The number of benzene rings is 2. The highest BCUT2D eigenvalue weighted by Crippen LogP contribution is 2.72. The molecule has 9 atom stereocenters. The van der Waals surface area contributed by atoms with Crippen molar-refractivity contribution in [3.05, 3.63) is 77.9 Å². The summed E-state index contributed by atoms with van der Waals surface area (Å²) in [5.41, 5.74) is 0.701. The molecule has 5 aliphatic rings. The zero-order valence-corrected chi connectivity index (χ0v) is 25.1. The zero-order valence-electron chi connectivity index (χ0n) is 24.3. The number of quaternary nitrogens is 1. The van der Waals surface area contributed by atoms with Crippen molar-refractivity contribution in [3.8, 4) is 0 Å². The fourth-order valence-electron chi connectivity index (χ4n) is 9.16. The Bertz CT molecular complexity index is 1560. The van der Waals surface area contributed by atoms with Crippen LogP contribution in [0.25, 0.3) is 0 Å². The van der Waals surface area contributed by atoms with Crippen molar-refractivity contribution in [3.63, 3.8) is 0 Å². The molecule has 0 spiro atoms. The van der Waals surface area contributed by atoms with Crippen LogP contribution in [0.15, 0.2) is 82.1 Å². The van der Waals surface area contributed by atoms with Gasteiger partial charge in [-0.2, -0.15) is 0 Å². The Morgan fingerprint density at radius 3 is 2.63 bits per heavy atom. The van der Waals surface area contributed by atoms with Gasteiger partial charge in [0.25, 0.3) is 0 Å². The molecule has 9 heteroatoms. The van der Waals surface area contributed by atoms with Gasteiger partial charge in [0.15, 0.2) is 29.1 Å². The van der Waals surface area contributed by atoms with E-state index in [1.165, 1.54) is 12.2 Å². The van der Waals surface area contributed by atoms with Crippen molar-refractivity contribution in [2.45, 2.75) is 79.1 Å². The van der Waals surface area contributed by atoms with Gasteiger partial charge >= 0.3 is 0 Å². The SMILES string of the molecule is CC12C=CC(=O)C=C1CCC1C3CC4OC(c5ccc(Sc6cccc([NH3+])c6)cc5)OC4(C(=O)CO)C3(C)CC(O)C12F. The van der Waals surface area contributed by atoms with Crippen molar-refractivity contribution in [2.24, 2.45) is 22.7 Å². The average molecular weight is 607 g/mol. The number of aliphatic hydroxyl groups is 2. The van der Waals surface area contributed by atoms with Crippen LogP contribution in [0.2, 0.25) is 0 Å². The van der Waals surface area contributed by atoms with Gasteiger partial charge in [0, 0.05) is 38.2 Å². The van der Waals surface area contributed by atoms with Crippen LogP contribution in [0, 0.1) is 22.7 Å². The van der Waals surface area contributed by atoms with E-state index in [-0.39, 0.29) is 18.1 Å². The van der Waals surface area contributed by atoms with Gasteiger partial charge in [-0.05, 0) is 74.9 Å². The van der Waals surface area contributed by atoms with Crippen molar-refractivity contribution >= 4 is 29.0 Å². The number of alkyl halides is 1. The standard InChI is InChI=1S/C34H36FNO6S/c1-31-13-12-22(38)14-20(31)8-11-25-26-16-29-34(28(40)18-37,32(26,2)17-27(39)33(25,31)35)42-30(41-29)19-6-9-23(10-7-19)43-24-5-3-4-21(36)15-24/h3-7,9-10,12-15,25-27,29-30,37,39H,8,11,16-18,36H2,1-2H3/p+1. The maximum absolute atomic E-state index is 17.5. The lowest BCUT2D eigenvalue weighted by molar-refractivity contribution is -0.255. The van der Waals surface area contributed by atoms with E-state index in [0.29, 0.717) is 24.8 Å². The topological polar surface area (TPSA) is 121 Å². The summed E-state index contributed by atoms with van der Waals surface area (Å²) in [5.74, 6) is -1.60. The second-order valence-electron chi connectivity index (χ2n) is 13.2. The first kappa shape index (κ1) is 29.1. The number of fused-ring (bicyclic) bond motifs is 7. The number of carbonyl (C=O) groups excluding carboxylic acids is 2. The summed E-state index contributed by atoms with van der Waals surface area (Å²) in [5, 5.41) is 21.9. The van der Waals surface area contributed by atoms with E-state index in [9.17, 15) is 19.8 Å². The van der Waals surface area contributed by atoms with Gasteiger partial charge in [-0.15, -0.1) is 0 Å². The Labute approximate surface area is 254 Å². The summed E-state index contributed by atoms with van der Waals surface area (Å²) in [6, 6.07) is 15.7. The third-order valence-corrected chi connectivity index (χ3v) is 12.2. The molecule has 4 fully saturated rings. The molecule has 2 aromatic carbocycles. The van der Waals surface area contributed by atoms with Crippen molar-refractivity contribution in [2.75, 3.05) is 6.61 Å². The first-order valence-electron chi connectivity index (χ1n) is 14.9. The highest BCUT2D eigenvalue weighted by atomic mass is 32.2. The van der Waals surface area contributed by atoms with Crippen LogP contribution in [-0.2, 0) is 19.1 Å². The van der Waals surface area contributed by atoms with Crippen LogP contribution in [0.4, 0.5) is 10.1 Å². The van der Waals surface area contributed by atoms with Gasteiger partial charge in [0.1, 0.15) is 12.3 Å². The Hall–Kier alpha value is -2.66. The van der Waals surface area contributed by atoms with Gasteiger partial charge in [0.05, 0.1) is 12.2 Å². The summed E-state index contributed by atoms with van der Waals surface area (Å²) >= 11 is 1.61. The van der Waals surface area contributed by atoms with Crippen LogP contribution in [-0.4, -0.2) is 51.9 Å². The first-order valence-corrected chi connectivity index (χ1v) is 15.8. The minimum Gasteiger partial charge on any atom is -0.390 e. The Morgan fingerprint density at radius 1 is 1.14 bits per heavy atom. The van der Waals surface area contributed by atoms with E-state index in [4.69, 9.17) is 9.47 Å². The Kier molecular flexibility index (Phi) is 6.71. The summed E-state index contributed by atoms with van der Waals surface area (Å²) < 4.78 is 30.6. The quantitative estimate of drug-likeness (QED) is 0.461. The van der Waals surface area contributed by atoms with Crippen LogP contribution in [0.1, 0.15) is 51.4 Å². The molecular formula is C34H37FNO6S+. The van der Waals surface area contributed by atoms with E-state index in [1.807, 2.05) is 55.5 Å². The molecule has 0 aromatic heterocycles. The maximum Gasteiger partial charge on any atom is 0.193 e. The highest BCUT2D eigenvalue weighted by molar-refractivity contribution is 7.99. The molecule has 3 saturated carbocycles. The molecule has 7 nitrogen and oxygen atoms in total. The Morgan fingerprint density at radius 2 is 1.91 bits per heavy atom. The number of hydrogen-bond donors (Lipinski definition) is 3. The molecular weight excluding hydrogens is 569 g/mol. The number of Topliss-reactive ketones (excluding diaryl/α,β-unsaturated/α-hetero) is 1. The van der Waals surface area contributed by atoms with Crippen LogP contribution in [0.3, 0.4) is 0 Å². The molecule has 0 amide bonds. The monoisotopic (exact) mass is 606 g/mol. The summed E-state index contributed by atoms with van der Waals surface area (Å²) in [4.78, 5) is 27.9. The minimum absolute atomic E-state index is 0.0332. The molecule has 1 aliphatic heterocycles. The van der Waals surface area contributed by atoms with Gasteiger partial charge in [-0.1, -0.05) is 48.5 Å². The number of hydrogen-bond acceptors (Lipinski definition) is 7. The molecule has 5 N–H and O–H groups in total.